The molecular formula is C16H18N2O2. The second-order valence-electron chi connectivity index (χ2n) is 4.77. The number of hydrogen-bond donors (Lipinski definition) is 2. The van der Waals surface area contributed by atoms with Crippen molar-refractivity contribution in [2.75, 3.05) is 24.3 Å². The van der Waals surface area contributed by atoms with E-state index in [0.29, 0.717) is 12.2 Å². The third-order valence-corrected chi connectivity index (χ3v) is 3.09. The highest BCUT2D eigenvalue weighted by atomic mass is 16.4. The van der Waals surface area contributed by atoms with Gasteiger partial charge in [-0.2, -0.15) is 0 Å². The van der Waals surface area contributed by atoms with Gasteiger partial charge in [0, 0.05) is 32.0 Å². The smallest absolute Gasteiger partial charge is 0.337 e. The summed E-state index contributed by atoms with van der Waals surface area (Å²) in [7, 11) is 3.99. The second-order valence-corrected chi connectivity index (χ2v) is 4.77. The number of carbonyl (C=O) groups is 1. The normalized spacial score (nSPS) is 10.1. The maximum absolute atomic E-state index is 11.1. The summed E-state index contributed by atoms with van der Waals surface area (Å²) in [6, 6.07) is 15.1. The quantitative estimate of drug-likeness (QED) is 0.876. The fourth-order valence-corrected chi connectivity index (χ4v) is 1.93. The Labute approximate surface area is 118 Å². The van der Waals surface area contributed by atoms with E-state index in [2.05, 4.69) is 5.32 Å². The zero-order chi connectivity index (χ0) is 14.5. The van der Waals surface area contributed by atoms with Crippen LogP contribution in [-0.4, -0.2) is 25.2 Å². The highest BCUT2D eigenvalue weighted by Gasteiger charge is 2.08. The van der Waals surface area contributed by atoms with E-state index in [1.54, 1.807) is 18.2 Å². The summed E-state index contributed by atoms with van der Waals surface area (Å²) in [6.45, 7) is 0.595. The average Bonchev–Trinajstić information content (AvgIpc) is 2.45. The summed E-state index contributed by atoms with van der Waals surface area (Å²) in [5.74, 6) is -0.920. The van der Waals surface area contributed by atoms with Gasteiger partial charge in [0.2, 0.25) is 0 Å². The molecule has 4 nitrogen and oxygen atoms in total. The van der Waals surface area contributed by atoms with Crippen molar-refractivity contribution < 1.29 is 9.90 Å². The van der Waals surface area contributed by atoms with Gasteiger partial charge in [-0.3, -0.25) is 0 Å². The summed E-state index contributed by atoms with van der Waals surface area (Å²) >= 11 is 0. The Morgan fingerprint density at radius 2 is 1.75 bits per heavy atom. The molecule has 0 fully saturated rings. The van der Waals surface area contributed by atoms with Crippen LogP contribution >= 0.6 is 0 Å². The lowest BCUT2D eigenvalue weighted by atomic mass is 10.1. The first-order valence-corrected chi connectivity index (χ1v) is 6.40. The van der Waals surface area contributed by atoms with Gasteiger partial charge < -0.3 is 15.3 Å². The molecule has 0 bridgehead atoms. The maximum Gasteiger partial charge on any atom is 0.337 e. The van der Waals surface area contributed by atoms with Crippen LogP contribution < -0.4 is 10.2 Å². The van der Waals surface area contributed by atoms with Gasteiger partial charge in [0.05, 0.1) is 5.56 Å². The number of aromatic carboxylic acids is 1. The molecule has 0 saturated carbocycles. The number of nitrogens with one attached hydrogen (secondary N) is 1. The zero-order valence-corrected chi connectivity index (χ0v) is 11.6. The lowest BCUT2D eigenvalue weighted by molar-refractivity contribution is 0.0698. The van der Waals surface area contributed by atoms with Crippen LogP contribution in [0.25, 0.3) is 0 Å². The Morgan fingerprint density at radius 1 is 1.10 bits per heavy atom. The van der Waals surface area contributed by atoms with Gasteiger partial charge in [-0.1, -0.05) is 24.3 Å². The molecule has 0 aliphatic heterocycles. The van der Waals surface area contributed by atoms with E-state index in [1.165, 1.54) is 0 Å². The molecule has 20 heavy (non-hydrogen) atoms. The van der Waals surface area contributed by atoms with Gasteiger partial charge in [0.1, 0.15) is 0 Å². The third kappa shape index (κ3) is 3.29. The largest absolute Gasteiger partial charge is 0.478 e. The first-order chi connectivity index (χ1) is 9.58. The third-order valence-electron chi connectivity index (χ3n) is 3.09. The molecular weight excluding hydrogens is 252 g/mol. The summed E-state index contributed by atoms with van der Waals surface area (Å²) in [5, 5.41) is 12.3. The van der Waals surface area contributed by atoms with Gasteiger partial charge in [0.15, 0.2) is 0 Å². The molecule has 0 amide bonds. The Bertz CT molecular complexity index is 592. The van der Waals surface area contributed by atoms with Gasteiger partial charge in [0.25, 0.3) is 0 Å². The predicted molar refractivity (Wildman–Crippen MR) is 81.5 cm³/mol. The molecule has 2 rings (SSSR count). The van der Waals surface area contributed by atoms with E-state index in [9.17, 15) is 4.79 Å². The molecule has 0 aromatic heterocycles. The van der Waals surface area contributed by atoms with Crippen LogP contribution in [-0.2, 0) is 6.54 Å². The average molecular weight is 270 g/mol. The summed E-state index contributed by atoms with van der Waals surface area (Å²) in [5.41, 5.74) is 3.17. The number of rotatable bonds is 5. The number of hydrogen-bond acceptors (Lipinski definition) is 3. The Hall–Kier alpha value is -2.49. The van der Waals surface area contributed by atoms with Crippen molar-refractivity contribution in [2.45, 2.75) is 6.54 Å². The van der Waals surface area contributed by atoms with E-state index >= 15 is 0 Å². The fraction of sp³-hybridized carbons (Fsp3) is 0.188. The summed E-state index contributed by atoms with van der Waals surface area (Å²) in [6.07, 6.45) is 0. The van der Waals surface area contributed by atoms with Crippen molar-refractivity contribution in [3.8, 4) is 0 Å². The molecule has 0 aliphatic rings. The standard InChI is InChI=1S/C16H18N2O2/c1-18(2)13-9-7-12(8-10-13)11-17-15-6-4-3-5-14(15)16(19)20/h3-10,17H,11H2,1-2H3,(H,19,20). The topological polar surface area (TPSA) is 52.6 Å². The maximum atomic E-state index is 11.1. The van der Waals surface area contributed by atoms with Crippen LogP contribution in [0.4, 0.5) is 11.4 Å². The molecule has 0 spiro atoms. The number of nitrogens with zero attached hydrogens (tertiary/aromatic N) is 1. The van der Waals surface area contributed by atoms with Gasteiger partial charge in [-0.15, -0.1) is 0 Å². The highest BCUT2D eigenvalue weighted by molar-refractivity contribution is 5.94. The van der Waals surface area contributed by atoms with E-state index in [-0.39, 0.29) is 5.56 Å². The van der Waals surface area contributed by atoms with Crippen LogP contribution in [0.2, 0.25) is 0 Å². The molecule has 2 aromatic carbocycles. The second kappa shape index (κ2) is 6.10. The summed E-state index contributed by atoms with van der Waals surface area (Å²) < 4.78 is 0. The van der Waals surface area contributed by atoms with Crippen molar-refractivity contribution in [3.05, 3.63) is 59.7 Å². The number of carboxylic acids is 1. The molecule has 0 unspecified atom stereocenters. The molecule has 0 heterocycles. The van der Waals surface area contributed by atoms with Crippen LogP contribution in [0.15, 0.2) is 48.5 Å². The molecule has 0 atom stereocenters. The minimum atomic E-state index is -0.920. The van der Waals surface area contributed by atoms with Crippen LogP contribution in [0.3, 0.4) is 0 Å². The lowest BCUT2D eigenvalue weighted by Crippen LogP contribution is -2.09. The number of carboxylic acid groups (broad SMARTS) is 1. The molecule has 0 radical (unpaired) electrons. The number of anilines is 2. The van der Waals surface area contributed by atoms with Crippen molar-refractivity contribution >= 4 is 17.3 Å². The SMILES string of the molecule is CN(C)c1ccc(CNc2ccccc2C(=O)O)cc1. The Kier molecular flexibility index (Phi) is 4.25. The van der Waals surface area contributed by atoms with E-state index in [4.69, 9.17) is 5.11 Å². The molecule has 2 N–H and O–H groups in total. The van der Waals surface area contributed by atoms with Crippen molar-refractivity contribution in [2.24, 2.45) is 0 Å². The summed E-state index contributed by atoms with van der Waals surface area (Å²) in [4.78, 5) is 13.1. The van der Waals surface area contributed by atoms with E-state index < -0.39 is 5.97 Å². The van der Waals surface area contributed by atoms with Crippen LogP contribution in [0.5, 0.6) is 0 Å². The fourth-order valence-electron chi connectivity index (χ4n) is 1.93. The Balaban J connectivity index is 2.07. The molecule has 104 valence electrons. The molecule has 4 heteroatoms. The Morgan fingerprint density at radius 3 is 2.35 bits per heavy atom. The first-order valence-electron chi connectivity index (χ1n) is 6.40. The van der Waals surface area contributed by atoms with Crippen molar-refractivity contribution in [1.82, 2.24) is 0 Å². The number of benzene rings is 2. The van der Waals surface area contributed by atoms with Crippen molar-refractivity contribution in [3.63, 3.8) is 0 Å². The van der Waals surface area contributed by atoms with Crippen LogP contribution in [0, 0.1) is 0 Å². The highest BCUT2D eigenvalue weighted by Crippen LogP contribution is 2.17. The minimum absolute atomic E-state index is 0.289. The lowest BCUT2D eigenvalue weighted by Gasteiger charge is -2.13. The molecule has 0 saturated heterocycles. The van der Waals surface area contributed by atoms with Gasteiger partial charge >= 0.3 is 5.97 Å². The van der Waals surface area contributed by atoms with Crippen LogP contribution in [0.1, 0.15) is 15.9 Å². The van der Waals surface area contributed by atoms with Gasteiger partial charge in [-0.05, 0) is 29.8 Å². The monoisotopic (exact) mass is 270 g/mol. The number of para-hydroxylation sites is 1. The minimum Gasteiger partial charge on any atom is -0.478 e. The van der Waals surface area contributed by atoms with Gasteiger partial charge in [-0.25, -0.2) is 4.79 Å². The zero-order valence-electron chi connectivity index (χ0n) is 11.6. The van der Waals surface area contributed by atoms with E-state index in [0.717, 1.165) is 11.3 Å². The predicted octanol–water partition coefficient (Wildman–Crippen LogP) is 3.06. The molecule has 0 aliphatic carbocycles. The van der Waals surface area contributed by atoms with E-state index in [1.807, 2.05) is 49.3 Å². The first kappa shape index (κ1) is 13.9. The van der Waals surface area contributed by atoms with Crippen molar-refractivity contribution in [1.29, 1.82) is 0 Å². The molecule has 2 aromatic rings.